The average Bonchev–Trinajstić information content (AvgIpc) is 3.37. The lowest BCUT2D eigenvalue weighted by Crippen LogP contribution is -2.50. The lowest BCUT2D eigenvalue weighted by molar-refractivity contribution is -0.929. The Morgan fingerprint density at radius 1 is 0.343 bits per heavy atom. The molecule has 2 aromatic carbocycles. The Morgan fingerprint density at radius 2 is 0.529 bits per heavy atom. The number of aromatic carboxylic acids is 2. The van der Waals surface area contributed by atoms with Crippen LogP contribution in [-0.2, 0) is 11.2 Å². The first-order valence-corrected chi connectivity index (χ1v) is 30.9. The van der Waals surface area contributed by atoms with E-state index in [4.69, 9.17) is 10.2 Å². The van der Waals surface area contributed by atoms with Crippen molar-refractivity contribution in [3.63, 3.8) is 0 Å². The summed E-state index contributed by atoms with van der Waals surface area (Å²) in [4.78, 5) is 22.4. The molecular formula is C62H114N2O5S+2. The van der Waals surface area contributed by atoms with Crippen LogP contribution in [0.2, 0.25) is 0 Å². The van der Waals surface area contributed by atoms with Gasteiger partial charge in [-0.2, -0.15) is 0 Å². The molecule has 0 bridgehead atoms. The van der Waals surface area contributed by atoms with Crippen molar-refractivity contribution < 1.29 is 33.3 Å². The maximum Gasteiger partial charge on any atom is 0.340 e. The van der Waals surface area contributed by atoms with Crippen LogP contribution in [0.1, 0.15) is 282 Å². The number of hydrogen-bond acceptors (Lipinski definition) is 3. The van der Waals surface area contributed by atoms with Crippen molar-refractivity contribution in [1.29, 1.82) is 0 Å². The number of nitrogens with zero attached hydrogens (tertiary/aromatic N) is 2. The largest absolute Gasteiger partial charge is 0.606 e. The van der Waals surface area contributed by atoms with E-state index in [1.165, 1.54) is 303 Å². The fourth-order valence-electron chi connectivity index (χ4n) is 10.1. The number of carboxylic acids is 2. The molecule has 0 saturated heterocycles. The SMILES string of the molecule is CCCCCC[N+](CCCCCC)(CCCCCC)CCCCCC.CCCCCC[N+](CCCCCC)(CCCCCC)CCCCCC.O=C(O)c1ccccc1[S+]([O-])c1ccccc1C(=O)O. The van der Waals surface area contributed by atoms with Gasteiger partial charge < -0.3 is 23.7 Å². The van der Waals surface area contributed by atoms with Gasteiger partial charge in [-0.05, 0) is 127 Å². The average molecular weight is 1000 g/mol. The summed E-state index contributed by atoms with van der Waals surface area (Å²) in [7, 11) is 0. The van der Waals surface area contributed by atoms with Gasteiger partial charge in [0, 0.05) is 11.2 Å². The van der Waals surface area contributed by atoms with Crippen LogP contribution in [0, 0.1) is 0 Å². The first-order chi connectivity index (χ1) is 34.0. The predicted molar refractivity (Wildman–Crippen MR) is 304 cm³/mol. The Morgan fingerprint density at radius 3 is 0.700 bits per heavy atom. The molecular weight excluding hydrogens is 885 g/mol. The highest BCUT2D eigenvalue weighted by Gasteiger charge is 2.28. The van der Waals surface area contributed by atoms with Crippen LogP contribution in [0.15, 0.2) is 58.3 Å². The number of carbonyl (C=O) groups is 2. The Balaban J connectivity index is 0.00000103. The highest BCUT2D eigenvalue weighted by Crippen LogP contribution is 2.27. The Hall–Kier alpha value is -2.39. The molecule has 0 aromatic heterocycles. The fourth-order valence-corrected chi connectivity index (χ4v) is 11.4. The van der Waals surface area contributed by atoms with Gasteiger partial charge in [0.05, 0.1) is 52.4 Å². The number of carboxylic acid groups (broad SMARTS) is 2. The molecule has 0 saturated carbocycles. The molecule has 0 radical (unpaired) electrons. The number of rotatable bonds is 44. The molecule has 0 unspecified atom stereocenters. The minimum atomic E-state index is -1.87. The normalized spacial score (nSPS) is 11.6. The Kier molecular flexibility index (Phi) is 44.8. The zero-order valence-electron chi connectivity index (χ0n) is 47.3. The molecule has 0 amide bonds. The zero-order valence-corrected chi connectivity index (χ0v) is 48.1. The van der Waals surface area contributed by atoms with Gasteiger partial charge in [-0.15, -0.1) is 0 Å². The highest BCUT2D eigenvalue weighted by atomic mass is 32.2. The Bertz CT molecular complexity index is 1290. The van der Waals surface area contributed by atoms with Gasteiger partial charge >= 0.3 is 11.9 Å². The van der Waals surface area contributed by atoms with Gasteiger partial charge in [0.15, 0.2) is 9.79 Å². The van der Waals surface area contributed by atoms with Crippen LogP contribution in [0.25, 0.3) is 0 Å². The topological polar surface area (TPSA) is 97.7 Å². The van der Waals surface area contributed by atoms with Gasteiger partial charge in [0.2, 0.25) is 0 Å². The van der Waals surface area contributed by atoms with Gasteiger partial charge in [0.25, 0.3) is 0 Å². The summed E-state index contributed by atoms with van der Waals surface area (Å²) in [6.45, 7) is 30.4. The lowest BCUT2D eigenvalue weighted by Gasteiger charge is -2.39. The summed E-state index contributed by atoms with van der Waals surface area (Å²) in [5.74, 6) is -2.41. The van der Waals surface area contributed by atoms with Gasteiger partial charge in [-0.25, -0.2) is 9.59 Å². The molecule has 8 heteroatoms. The van der Waals surface area contributed by atoms with E-state index in [1.54, 1.807) is 12.1 Å². The van der Waals surface area contributed by atoms with Gasteiger partial charge in [-0.3, -0.25) is 0 Å². The number of unbranched alkanes of at least 4 members (excludes halogenated alkanes) is 24. The predicted octanol–water partition coefficient (Wildman–Crippen LogP) is 18.5. The second kappa shape index (κ2) is 46.4. The molecule has 2 aromatic rings. The summed E-state index contributed by atoms with van der Waals surface area (Å²) in [5, 5.41) is 18.2. The maximum absolute atomic E-state index is 12.5. The first-order valence-electron chi connectivity index (χ1n) is 29.8. The van der Waals surface area contributed by atoms with Crippen molar-refractivity contribution in [3.05, 3.63) is 59.7 Å². The number of benzene rings is 2. The third kappa shape index (κ3) is 32.6. The van der Waals surface area contributed by atoms with Crippen LogP contribution in [0.3, 0.4) is 0 Å². The highest BCUT2D eigenvalue weighted by molar-refractivity contribution is 7.91. The van der Waals surface area contributed by atoms with Crippen molar-refractivity contribution in [2.24, 2.45) is 0 Å². The number of quaternary nitrogens is 2. The lowest BCUT2D eigenvalue weighted by atomic mass is 10.1. The van der Waals surface area contributed by atoms with E-state index >= 15 is 0 Å². The van der Waals surface area contributed by atoms with Crippen molar-refractivity contribution in [3.8, 4) is 0 Å². The van der Waals surface area contributed by atoms with Crippen molar-refractivity contribution in [1.82, 2.24) is 0 Å². The molecule has 0 spiro atoms. The summed E-state index contributed by atoms with van der Waals surface area (Å²) in [5.41, 5.74) is -0.211. The van der Waals surface area contributed by atoms with E-state index in [-0.39, 0.29) is 20.9 Å². The molecule has 0 aliphatic rings. The smallest absolute Gasteiger partial charge is 0.340 e. The van der Waals surface area contributed by atoms with Gasteiger partial charge in [0.1, 0.15) is 11.1 Å². The summed E-state index contributed by atoms with van der Waals surface area (Å²) in [6, 6.07) is 11.7. The van der Waals surface area contributed by atoms with E-state index in [0.717, 1.165) is 0 Å². The second-order valence-corrected chi connectivity index (χ2v) is 22.2. The van der Waals surface area contributed by atoms with E-state index in [1.807, 2.05) is 0 Å². The molecule has 2 N–H and O–H groups in total. The molecule has 0 aliphatic carbocycles. The van der Waals surface area contributed by atoms with Crippen LogP contribution in [0.5, 0.6) is 0 Å². The minimum absolute atomic E-state index is 0.0775. The molecule has 70 heavy (non-hydrogen) atoms. The first kappa shape index (κ1) is 67.6. The van der Waals surface area contributed by atoms with Crippen LogP contribution < -0.4 is 0 Å². The fraction of sp³-hybridized carbons (Fsp3) is 0.774. The maximum atomic E-state index is 12.5. The Labute approximate surface area is 437 Å². The molecule has 7 nitrogen and oxygen atoms in total. The zero-order chi connectivity index (χ0) is 52.0. The van der Waals surface area contributed by atoms with Crippen molar-refractivity contribution >= 4 is 23.1 Å². The van der Waals surface area contributed by atoms with Crippen LogP contribution >= 0.6 is 0 Å². The van der Waals surface area contributed by atoms with Gasteiger partial charge in [-0.1, -0.05) is 182 Å². The van der Waals surface area contributed by atoms with E-state index in [9.17, 15) is 14.1 Å². The second-order valence-electron chi connectivity index (χ2n) is 20.8. The van der Waals surface area contributed by atoms with Crippen molar-refractivity contribution in [2.75, 3.05) is 52.4 Å². The number of hydrogen-bond donors (Lipinski definition) is 2. The van der Waals surface area contributed by atoms with Crippen molar-refractivity contribution in [2.45, 2.75) is 271 Å². The summed E-state index contributed by atoms with van der Waals surface area (Å²) >= 11 is -1.87. The molecule has 0 heterocycles. The minimum Gasteiger partial charge on any atom is -0.606 e. The van der Waals surface area contributed by atoms with E-state index in [2.05, 4.69) is 55.4 Å². The summed E-state index contributed by atoms with van der Waals surface area (Å²) in [6.07, 6.45) is 45.7. The van der Waals surface area contributed by atoms with E-state index in [0.29, 0.717) is 0 Å². The molecule has 2 rings (SSSR count). The molecule has 0 aliphatic heterocycles. The molecule has 0 fully saturated rings. The van der Waals surface area contributed by atoms with Crippen LogP contribution in [-0.4, -0.2) is 88.0 Å². The van der Waals surface area contributed by atoms with E-state index < -0.39 is 23.1 Å². The standard InChI is InChI=1S/2C24H52N.C14H10O5S/c2*1-5-9-13-17-21-25(22-18-14-10-6-2,23-19-15-11-7-3)24-20-16-12-8-4;15-13(16)9-5-1-3-7-11(9)20(19)12-8-4-2-6-10(12)14(17)18/h2*5-24H2,1-4H3;1-8H,(H,15,16)(H,17,18)/q2*+1;. The monoisotopic (exact) mass is 999 g/mol. The third-order valence-corrected chi connectivity index (χ3v) is 16.0. The quantitative estimate of drug-likeness (QED) is 0.0392. The van der Waals surface area contributed by atoms with Crippen LogP contribution in [0.4, 0.5) is 0 Å². The third-order valence-electron chi connectivity index (χ3n) is 14.5. The summed E-state index contributed by atoms with van der Waals surface area (Å²) < 4.78 is 15.4. The molecule has 0 atom stereocenters. The molecule has 406 valence electrons.